The number of amides is 1. The lowest BCUT2D eigenvalue weighted by molar-refractivity contribution is -0.289. The highest BCUT2D eigenvalue weighted by Gasteiger charge is 2.60. The third kappa shape index (κ3) is 10.1. The summed E-state index contributed by atoms with van der Waals surface area (Å²) in [6, 6.07) is 8.12. The number of carbonyl (C=O) groups is 4. The van der Waals surface area contributed by atoms with E-state index in [1.807, 2.05) is 30.3 Å². The lowest BCUT2D eigenvalue weighted by Gasteiger charge is -2.58. The minimum atomic E-state index is -1.24. The highest BCUT2D eigenvalue weighted by molar-refractivity contribution is 5.69. The number of allylic oxidation sites excluding steroid dienone is 3. The molecule has 0 bridgehead atoms. The highest BCUT2D eigenvalue weighted by Crippen LogP contribution is 2.67. The molecular formula is C49H71NO10. The molecule has 1 saturated heterocycles. The Balaban J connectivity index is 1.20. The van der Waals surface area contributed by atoms with E-state index in [0.29, 0.717) is 47.3 Å². The summed E-state index contributed by atoms with van der Waals surface area (Å²) in [4.78, 5) is 50.4. The summed E-state index contributed by atoms with van der Waals surface area (Å²) in [5.74, 6) is 2.68. The molecule has 0 spiro atoms. The van der Waals surface area contributed by atoms with Gasteiger partial charge in [0.25, 0.3) is 0 Å². The van der Waals surface area contributed by atoms with Gasteiger partial charge < -0.3 is 33.7 Å². The number of rotatable bonds is 14. The van der Waals surface area contributed by atoms with E-state index < -0.39 is 54.6 Å². The van der Waals surface area contributed by atoms with Gasteiger partial charge in [-0.25, -0.2) is 4.79 Å². The van der Waals surface area contributed by atoms with Crippen LogP contribution in [0.2, 0.25) is 0 Å². The lowest BCUT2D eigenvalue weighted by atomic mass is 9.47. The van der Waals surface area contributed by atoms with Gasteiger partial charge in [0, 0.05) is 20.8 Å². The summed E-state index contributed by atoms with van der Waals surface area (Å²) in [6.45, 7) is 17.9. The first kappa shape index (κ1) is 45.8. The van der Waals surface area contributed by atoms with Gasteiger partial charge in [-0.3, -0.25) is 14.4 Å². The highest BCUT2D eigenvalue weighted by atomic mass is 16.7. The summed E-state index contributed by atoms with van der Waals surface area (Å²) < 4.78 is 35.7. The van der Waals surface area contributed by atoms with Gasteiger partial charge in [0.2, 0.25) is 0 Å². The second kappa shape index (κ2) is 19.6. The zero-order chi connectivity index (χ0) is 43.4. The van der Waals surface area contributed by atoms with Crippen LogP contribution in [0.15, 0.2) is 54.1 Å². The second-order valence-corrected chi connectivity index (χ2v) is 19.3. The van der Waals surface area contributed by atoms with Gasteiger partial charge in [-0.05, 0) is 116 Å². The van der Waals surface area contributed by atoms with Crippen molar-refractivity contribution in [3.8, 4) is 0 Å². The molecule has 0 radical (unpaired) electrons. The van der Waals surface area contributed by atoms with Crippen molar-refractivity contribution in [2.75, 3.05) is 6.61 Å². The number of alkyl carbamates (subject to hydrolysis) is 1. The monoisotopic (exact) mass is 834 g/mol. The molecule has 1 N–H and O–H groups in total. The summed E-state index contributed by atoms with van der Waals surface area (Å²) in [5, 5.41) is 2.82. The van der Waals surface area contributed by atoms with E-state index in [1.54, 1.807) is 0 Å². The van der Waals surface area contributed by atoms with Crippen LogP contribution in [-0.4, -0.2) is 67.4 Å². The van der Waals surface area contributed by atoms with Gasteiger partial charge in [0.15, 0.2) is 18.5 Å². The van der Waals surface area contributed by atoms with Gasteiger partial charge in [0.1, 0.15) is 25.4 Å². The zero-order valence-electron chi connectivity index (χ0n) is 37.5. The van der Waals surface area contributed by atoms with Crippen molar-refractivity contribution in [3.63, 3.8) is 0 Å². The molecule has 1 aromatic rings. The Bertz CT molecular complexity index is 1730. The first-order valence-electron chi connectivity index (χ1n) is 22.7. The number of fused-ring (bicyclic) bond motifs is 5. The fourth-order valence-electron chi connectivity index (χ4n) is 12.2. The van der Waals surface area contributed by atoms with E-state index in [-0.39, 0.29) is 24.7 Å². The molecule has 332 valence electrons. The Hall–Kier alpha value is -3.70. The molecule has 1 aliphatic heterocycles. The van der Waals surface area contributed by atoms with Crippen molar-refractivity contribution < 1.29 is 47.6 Å². The number of ether oxygens (including phenoxy) is 6. The summed E-state index contributed by atoms with van der Waals surface area (Å²) in [6.07, 6.45) is 11.6. The molecule has 4 aliphatic carbocycles. The molecule has 0 aromatic heterocycles. The molecule has 5 aliphatic rings. The van der Waals surface area contributed by atoms with Crippen molar-refractivity contribution in [2.24, 2.45) is 52.3 Å². The van der Waals surface area contributed by atoms with Crippen LogP contribution >= 0.6 is 0 Å². The molecule has 4 fully saturated rings. The van der Waals surface area contributed by atoms with Gasteiger partial charge in [-0.2, -0.15) is 0 Å². The van der Waals surface area contributed by atoms with Gasteiger partial charge in [0.05, 0.1) is 6.10 Å². The van der Waals surface area contributed by atoms with Gasteiger partial charge >= 0.3 is 24.0 Å². The molecule has 11 nitrogen and oxygen atoms in total. The van der Waals surface area contributed by atoms with Crippen LogP contribution in [0.3, 0.4) is 0 Å². The summed E-state index contributed by atoms with van der Waals surface area (Å²) >= 11 is 0. The Kier molecular flexibility index (Phi) is 14.9. The quantitative estimate of drug-likeness (QED) is 0.110. The molecule has 60 heavy (non-hydrogen) atoms. The number of carbonyl (C=O) groups excluding carboxylic acids is 4. The van der Waals surface area contributed by atoms with Crippen LogP contribution in [0.5, 0.6) is 0 Å². The second-order valence-electron chi connectivity index (χ2n) is 19.3. The predicted molar refractivity (Wildman–Crippen MR) is 227 cm³/mol. The van der Waals surface area contributed by atoms with Crippen molar-refractivity contribution in [1.82, 2.24) is 5.32 Å². The Labute approximate surface area is 358 Å². The van der Waals surface area contributed by atoms with Gasteiger partial charge in [-0.1, -0.05) is 95.7 Å². The minimum absolute atomic E-state index is 0.00159. The Morgan fingerprint density at radius 1 is 0.867 bits per heavy atom. The maximum absolute atomic E-state index is 13.4. The van der Waals surface area contributed by atoms with E-state index in [1.165, 1.54) is 58.4 Å². The van der Waals surface area contributed by atoms with E-state index in [2.05, 4.69) is 65.1 Å². The smallest absolute Gasteiger partial charge is 0.407 e. The lowest BCUT2D eigenvalue weighted by Crippen LogP contribution is -2.67. The number of hydrogen-bond acceptors (Lipinski definition) is 10. The first-order valence-corrected chi connectivity index (χ1v) is 22.7. The van der Waals surface area contributed by atoms with Crippen molar-refractivity contribution >= 4 is 24.0 Å². The third-order valence-electron chi connectivity index (χ3n) is 15.3. The van der Waals surface area contributed by atoms with E-state index in [9.17, 15) is 19.2 Å². The number of benzene rings is 1. The van der Waals surface area contributed by atoms with Crippen molar-refractivity contribution in [1.29, 1.82) is 0 Å². The standard InChI is InChI=1S/C49H71NO10/c1-10-35(29(2)3)17-16-30(4)39-20-21-40-38-19-18-36-26-37(22-24-48(36,8)41(38)23-25-49(39,40)9)59-46-43(50-47(54)56-27-34-14-12-11-13-15-34)45(58-33(7)53)44(57-32(6)52)42(60-46)28-55-31(5)51/h11-18,29-30,35,37-46H,10,19-28H2,1-9H3,(H,50,54)/b17-16+/t30-,35-,37+,38?,39-,40?,41?,42-,43-,44-,45-,46?,48+,49-/m1/s1. The molecule has 11 heteroatoms. The van der Waals surface area contributed by atoms with E-state index in [0.717, 1.165) is 30.7 Å². The van der Waals surface area contributed by atoms with Crippen LogP contribution in [0, 0.1) is 52.3 Å². The minimum Gasteiger partial charge on any atom is -0.463 e. The molecular weight excluding hydrogens is 763 g/mol. The Morgan fingerprint density at radius 3 is 2.25 bits per heavy atom. The third-order valence-corrected chi connectivity index (χ3v) is 15.3. The number of esters is 3. The molecule has 1 heterocycles. The average molecular weight is 834 g/mol. The number of nitrogens with one attached hydrogen (secondary N) is 1. The predicted octanol–water partition coefficient (Wildman–Crippen LogP) is 9.27. The average Bonchev–Trinajstić information content (AvgIpc) is 3.56. The van der Waals surface area contributed by atoms with Crippen molar-refractivity contribution in [2.45, 2.75) is 163 Å². The molecule has 4 unspecified atom stereocenters. The van der Waals surface area contributed by atoms with E-state index >= 15 is 0 Å². The summed E-state index contributed by atoms with van der Waals surface area (Å²) in [5.41, 5.74) is 2.61. The normalized spacial score (nSPS) is 35.9. The van der Waals surface area contributed by atoms with Gasteiger partial charge in [-0.15, -0.1) is 0 Å². The number of hydrogen-bond donors (Lipinski definition) is 1. The maximum atomic E-state index is 13.4. The van der Waals surface area contributed by atoms with Crippen LogP contribution < -0.4 is 5.32 Å². The van der Waals surface area contributed by atoms with E-state index in [4.69, 9.17) is 28.4 Å². The fourth-order valence-corrected chi connectivity index (χ4v) is 12.2. The van der Waals surface area contributed by atoms with Crippen LogP contribution in [0.25, 0.3) is 0 Å². The molecule has 1 amide bonds. The summed E-state index contributed by atoms with van der Waals surface area (Å²) in [7, 11) is 0. The topological polar surface area (TPSA) is 136 Å². The maximum Gasteiger partial charge on any atom is 0.407 e. The molecule has 14 atom stereocenters. The van der Waals surface area contributed by atoms with Crippen LogP contribution in [0.4, 0.5) is 4.79 Å². The van der Waals surface area contributed by atoms with Crippen LogP contribution in [0.1, 0.15) is 126 Å². The molecule has 3 saturated carbocycles. The van der Waals surface area contributed by atoms with Crippen molar-refractivity contribution in [3.05, 3.63) is 59.7 Å². The molecule has 6 rings (SSSR count). The SMILES string of the molecule is CC[C@H](/C=C/[C@@H](C)[C@H]1CCC2C3CC=C4C[C@@H](OC5O[C@H](COC(C)=O)[C@@H](OC(C)=O)[C@H](OC(C)=O)[C@H]5NC(=O)OCc5ccccc5)CC[C@]4(C)C3CC[C@@]21C)C(C)C. The largest absolute Gasteiger partial charge is 0.463 e. The Morgan fingerprint density at radius 2 is 1.58 bits per heavy atom. The first-order chi connectivity index (χ1) is 28.5. The molecule has 1 aromatic carbocycles. The van der Waals surface area contributed by atoms with Crippen LogP contribution in [-0.2, 0) is 49.4 Å². The zero-order valence-corrected chi connectivity index (χ0v) is 37.5. The fraction of sp³-hybridized carbons (Fsp3) is 0.714.